The summed E-state index contributed by atoms with van der Waals surface area (Å²) in [5.41, 5.74) is 3.18. The number of ether oxygens (including phenoxy) is 2. The minimum absolute atomic E-state index is 0.146. The highest BCUT2D eigenvalue weighted by atomic mass is 19.1. The Balaban J connectivity index is 1.27. The molecule has 0 amide bonds. The Labute approximate surface area is 187 Å². The van der Waals surface area contributed by atoms with E-state index >= 15 is 0 Å². The molecule has 0 radical (unpaired) electrons. The third-order valence-electron chi connectivity index (χ3n) is 6.43. The third kappa shape index (κ3) is 4.65. The summed E-state index contributed by atoms with van der Waals surface area (Å²) in [7, 11) is 0. The highest BCUT2D eigenvalue weighted by Gasteiger charge is 2.25. The first-order chi connectivity index (χ1) is 15.7. The fraction of sp³-hybridized carbons (Fsp3) is 0.500. The molecule has 0 atom stereocenters. The molecular weight excluding hydrogens is 409 g/mol. The SMILES string of the molecule is Cc1nc(CC2CCC(Oc3cc(N4CCOCC4)cc4nccnc34)CC2)ncc1F. The maximum atomic E-state index is 13.4. The zero-order chi connectivity index (χ0) is 21.9. The first kappa shape index (κ1) is 21.0. The van der Waals surface area contributed by atoms with Crippen LogP contribution in [0.4, 0.5) is 10.1 Å². The van der Waals surface area contributed by atoms with E-state index in [1.54, 1.807) is 19.3 Å². The summed E-state index contributed by atoms with van der Waals surface area (Å²) < 4.78 is 25.4. The Morgan fingerprint density at radius 3 is 2.62 bits per heavy atom. The number of nitrogens with zero attached hydrogens (tertiary/aromatic N) is 5. The van der Waals surface area contributed by atoms with Crippen LogP contribution in [-0.2, 0) is 11.2 Å². The molecule has 1 aliphatic carbocycles. The van der Waals surface area contributed by atoms with Gasteiger partial charge in [0, 0.05) is 43.7 Å². The van der Waals surface area contributed by atoms with Crippen LogP contribution in [0.2, 0.25) is 0 Å². The van der Waals surface area contributed by atoms with Crippen LogP contribution in [0, 0.1) is 18.7 Å². The molecule has 0 unspecified atom stereocenters. The molecule has 3 heterocycles. The van der Waals surface area contributed by atoms with Gasteiger partial charge in [-0.25, -0.2) is 19.3 Å². The highest BCUT2D eigenvalue weighted by molar-refractivity contribution is 5.85. The van der Waals surface area contributed by atoms with Crippen molar-refractivity contribution >= 4 is 16.7 Å². The van der Waals surface area contributed by atoms with Crippen molar-refractivity contribution in [2.24, 2.45) is 5.92 Å². The summed E-state index contributed by atoms with van der Waals surface area (Å²) >= 11 is 0. The van der Waals surface area contributed by atoms with Crippen molar-refractivity contribution in [3.8, 4) is 5.75 Å². The lowest BCUT2D eigenvalue weighted by Gasteiger charge is -2.31. The number of fused-ring (bicyclic) bond motifs is 1. The number of aryl methyl sites for hydroxylation is 1. The molecule has 0 bridgehead atoms. The first-order valence-electron chi connectivity index (χ1n) is 11.4. The number of anilines is 1. The van der Waals surface area contributed by atoms with Crippen LogP contribution in [0.1, 0.15) is 37.2 Å². The summed E-state index contributed by atoms with van der Waals surface area (Å²) in [6, 6.07) is 4.19. The lowest BCUT2D eigenvalue weighted by molar-refractivity contribution is 0.122. The lowest BCUT2D eigenvalue weighted by atomic mass is 9.85. The Morgan fingerprint density at radius 2 is 1.84 bits per heavy atom. The fourth-order valence-corrected chi connectivity index (χ4v) is 4.61. The van der Waals surface area contributed by atoms with Gasteiger partial charge in [-0.05, 0) is 44.6 Å². The summed E-state index contributed by atoms with van der Waals surface area (Å²) in [5.74, 6) is 1.68. The number of aromatic nitrogens is 4. The van der Waals surface area contributed by atoms with Crippen molar-refractivity contribution in [1.29, 1.82) is 0 Å². The monoisotopic (exact) mass is 437 g/mol. The third-order valence-corrected chi connectivity index (χ3v) is 6.43. The molecule has 168 valence electrons. The van der Waals surface area contributed by atoms with E-state index in [4.69, 9.17) is 9.47 Å². The van der Waals surface area contributed by atoms with Crippen molar-refractivity contribution in [2.75, 3.05) is 31.2 Å². The Kier molecular flexibility index (Phi) is 6.12. The Hall–Kier alpha value is -2.87. The molecule has 2 fully saturated rings. The zero-order valence-corrected chi connectivity index (χ0v) is 18.3. The second-order valence-corrected chi connectivity index (χ2v) is 8.65. The summed E-state index contributed by atoms with van der Waals surface area (Å²) in [6.07, 6.45) is 9.66. The van der Waals surface area contributed by atoms with Gasteiger partial charge in [0.25, 0.3) is 0 Å². The van der Waals surface area contributed by atoms with Crippen LogP contribution < -0.4 is 9.64 Å². The minimum Gasteiger partial charge on any atom is -0.488 e. The van der Waals surface area contributed by atoms with E-state index in [1.807, 2.05) is 0 Å². The Bertz CT molecular complexity index is 1080. The fourth-order valence-electron chi connectivity index (χ4n) is 4.61. The van der Waals surface area contributed by atoms with Crippen molar-refractivity contribution in [2.45, 2.75) is 45.1 Å². The number of halogens is 1. The van der Waals surface area contributed by atoms with Gasteiger partial charge in [-0.3, -0.25) is 4.98 Å². The normalized spacial score (nSPS) is 21.6. The van der Waals surface area contributed by atoms with Crippen molar-refractivity contribution < 1.29 is 13.9 Å². The lowest BCUT2D eigenvalue weighted by Crippen LogP contribution is -2.36. The average molecular weight is 438 g/mol. The largest absolute Gasteiger partial charge is 0.488 e. The first-order valence-corrected chi connectivity index (χ1v) is 11.4. The van der Waals surface area contributed by atoms with Crippen LogP contribution >= 0.6 is 0 Å². The predicted molar refractivity (Wildman–Crippen MR) is 119 cm³/mol. The molecule has 5 rings (SSSR count). The van der Waals surface area contributed by atoms with Gasteiger partial charge < -0.3 is 14.4 Å². The number of rotatable bonds is 5. The summed E-state index contributed by atoms with van der Waals surface area (Å²) in [5, 5.41) is 0. The summed E-state index contributed by atoms with van der Waals surface area (Å²) in [4.78, 5) is 19.8. The van der Waals surface area contributed by atoms with Crippen LogP contribution in [0.25, 0.3) is 11.0 Å². The van der Waals surface area contributed by atoms with Crippen molar-refractivity contribution in [3.05, 3.63) is 48.1 Å². The van der Waals surface area contributed by atoms with Gasteiger partial charge in [-0.1, -0.05) is 0 Å². The molecule has 7 nitrogen and oxygen atoms in total. The standard InChI is InChI=1S/C24H28FN5O2/c1-16-20(25)15-28-23(29-16)12-17-2-4-19(5-3-17)32-22-14-18(30-8-10-31-11-9-30)13-21-24(22)27-7-6-26-21/h6-7,13-15,17,19H,2-5,8-12H2,1H3. The smallest absolute Gasteiger partial charge is 0.162 e. The molecule has 2 aliphatic rings. The molecule has 0 N–H and O–H groups in total. The van der Waals surface area contributed by atoms with Gasteiger partial charge >= 0.3 is 0 Å². The summed E-state index contributed by atoms with van der Waals surface area (Å²) in [6.45, 7) is 4.87. The molecule has 8 heteroatoms. The second kappa shape index (κ2) is 9.32. The molecule has 1 aromatic carbocycles. The molecule has 2 aromatic heterocycles. The highest BCUT2D eigenvalue weighted by Crippen LogP contribution is 2.34. The maximum absolute atomic E-state index is 13.4. The van der Waals surface area contributed by atoms with Crippen molar-refractivity contribution in [3.63, 3.8) is 0 Å². The van der Waals surface area contributed by atoms with Crippen LogP contribution in [0.15, 0.2) is 30.7 Å². The average Bonchev–Trinajstić information content (AvgIpc) is 2.83. The van der Waals surface area contributed by atoms with E-state index in [2.05, 4.69) is 37.0 Å². The number of morpholine rings is 1. The van der Waals surface area contributed by atoms with Gasteiger partial charge in [0.15, 0.2) is 5.82 Å². The van der Waals surface area contributed by atoms with Crippen LogP contribution in [-0.4, -0.2) is 52.3 Å². The van der Waals surface area contributed by atoms with Crippen LogP contribution in [0.5, 0.6) is 5.75 Å². The Morgan fingerprint density at radius 1 is 1.06 bits per heavy atom. The molecule has 1 saturated carbocycles. The van der Waals surface area contributed by atoms with Gasteiger partial charge in [-0.2, -0.15) is 0 Å². The molecular formula is C24H28FN5O2. The number of hydrogen-bond acceptors (Lipinski definition) is 7. The van der Waals surface area contributed by atoms with Gasteiger partial charge in [0.1, 0.15) is 17.1 Å². The molecule has 32 heavy (non-hydrogen) atoms. The van der Waals surface area contributed by atoms with Gasteiger partial charge in [0.05, 0.1) is 36.7 Å². The minimum atomic E-state index is -0.347. The topological polar surface area (TPSA) is 73.3 Å². The molecule has 1 saturated heterocycles. The van der Waals surface area contributed by atoms with E-state index in [-0.39, 0.29) is 11.9 Å². The maximum Gasteiger partial charge on any atom is 0.162 e. The number of benzene rings is 1. The molecule has 3 aromatic rings. The second-order valence-electron chi connectivity index (χ2n) is 8.65. The van der Waals surface area contributed by atoms with E-state index in [0.29, 0.717) is 11.6 Å². The zero-order valence-electron chi connectivity index (χ0n) is 18.3. The van der Waals surface area contributed by atoms with Crippen LogP contribution in [0.3, 0.4) is 0 Å². The van der Waals surface area contributed by atoms with E-state index < -0.39 is 0 Å². The van der Waals surface area contributed by atoms with Gasteiger partial charge in [0.2, 0.25) is 0 Å². The quantitative estimate of drug-likeness (QED) is 0.600. The predicted octanol–water partition coefficient (Wildman–Crippen LogP) is 3.88. The molecule has 0 spiro atoms. The molecule has 1 aliphatic heterocycles. The van der Waals surface area contributed by atoms with E-state index in [9.17, 15) is 4.39 Å². The van der Waals surface area contributed by atoms with E-state index in [1.165, 1.54) is 6.20 Å². The van der Waals surface area contributed by atoms with Gasteiger partial charge in [-0.15, -0.1) is 0 Å². The number of hydrogen-bond donors (Lipinski definition) is 0. The van der Waals surface area contributed by atoms with E-state index in [0.717, 1.165) is 86.7 Å². The van der Waals surface area contributed by atoms with Crippen molar-refractivity contribution in [1.82, 2.24) is 19.9 Å².